The summed E-state index contributed by atoms with van der Waals surface area (Å²) in [5, 5.41) is -0.240. The van der Waals surface area contributed by atoms with Crippen LogP contribution in [0.3, 0.4) is 0 Å². The van der Waals surface area contributed by atoms with Crippen LogP contribution in [0.15, 0.2) is 41.3 Å². The Morgan fingerprint density at radius 3 is 2.56 bits per heavy atom. The zero-order valence-corrected chi connectivity index (χ0v) is 15.8. The lowest BCUT2D eigenvalue weighted by molar-refractivity contribution is -0.123. The third-order valence-electron chi connectivity index (χ3n) is 3.78. The Hall–Kier alpha value is -2.05. The van der Waals surface area contributed by atoms with Crippen LogP contribution in [0.1, 0.15) is 22.2 Å². The molecule has 6 heteroatoms. The maximum absolute atomic E-state index is 12.4. The summed E-state index contributed by atoms with van der Waals surface area (Å²) < 4.78 is 5.62. The van der Waals surface area contributed by atoms with Crippen LogP contribution in [0.25, 0.3) is 6.08 Å². The van der Waals surface area contributed by atoms with Crippen molar-refractivity contribution >= 4 is 40.3 Å². The quantitative estimate of drug-likeness (QED) is 0.687. The van der Waals surface area contributed by atoms with E-state index in [4.69, 9.17) is 4.74 Å². The molecule has 0 unspecified atom stereocenters. The normalized spacial score (nSPS) is 16.1. The van der Waals surface area contributed by atoms with Gasteiger partial charge < -0.3 is 4.74 Å². The molecule has 25 heavy (non-hydrogen) atoms. The predicted molar refractivity (Wildman–Crippen MR) is 103 cm³/mol. The highest BCUT2D eigenvalue weighted by Crippen LogP contribution is 2.33. The Balaban J connectivity index is 1.60. The smallest absolute Gasteiger partial charge is 0.293 e. The minimum absolute atomic E-state index is 0.240. The lowest BCUT2D eigenvalue weighted by Gasteiger charge is -2.13. The molecular weight excluding hydrogens is 354 g/mol. The van der Waals surface area contributed by atoms with Crippen molar-refractivity contribution in [3.63, 3.8) is 0 Å². The van der Waals surface area contributed by atoms with Gasteiger partial charge in [0.1, 0.15) is 12.4 Å². The van der Waals surface area contributed by atoms with Gasteiger partial charge in [0.15, 0.2) is 0 Å². The van der Waals surface area contributed by atoms with E-state index >= 15 is 0 Å². The van der Waals surface area contributed by atoms with Crippen LogP contribution in [0.5, 0.6) is 5.75 Å². The Labute approximate surface area is 155 Å². The number of benzene rings is 1. The highest BCUT2D eigenvalue weighted by atomic mass is 32.2. The van der Waals surface area contributed by atoms with Crippen LogP contribution in [0.2, 0.25) is 0 Å². The molecule has 0 saturated carbocycles. The summed E-state index contributed by atoms with van der Waals surface area (Å²) in [4.78, 5) is 28.5. The molecule has 1 aliphatic rings. The summed E-state index contributed by atoms with van der Waals surface area (Å²) in [5.41, 5.74) is 1.16. The van der Waals surface area contributed by atoms with Gasteiger partial charge in [-0.05, 0) is 55.4 Å². The van der Waals surface area contributed by atoms with Gasteiger partial charge >= 0.3 is 0 Å². The van der Waals surface area contributed by atoms with E-state index in [2.05, 4.69) is 13.0 Å². The number of carbonyl (C=O) groups is 2. The second-order valence-electron chi connectivity index (χ2n) is 5.65. The average molecular weight is 373 g/mol. The van der Waals surface area contributed by atoms with Crippen molar-refractivity contribution in [3.05, 3.63) is 56.6 Å². The number of hydrogen-bond acceptors (Lipinski definition) is 5. The second-order valence-corrected chi connectivity index (χ2v) is 7.85. The van der Waals surface area contributed by atoms with Gasteiger partial charge in [0.2, 0.25) is 0 Å². The summed E-state index contributed by atoms with van der Waals surface area (Å²) in [6.07, 6.45) is 2.77. The first kappa shape index (κ1) is 17.8. The Morgan fingerprint density at radius 1 is 1.12 bits per heavy atom. The summed E-state index contributed by atoms with van der Waals surface area (Å²) >= 11 is 2.64. The second kappa shape index (κ2) is 7.89. The van der Waals surface area contributed by atoms with Gasteiger partial charge in [0, 0.05) is 9.75 Å². The third-order valence-corrected chi connectivity index (χ3v) is 5.87. The molecule has 1 aliphatic heterocycles. The van der Waals surface area contributed by atoms with E-state index in [1.54, 1.807) is 17.4 Å². The number of amides is 2. The molecule has 2 heterocycles. The van der Waals surface area contributed by atoms with Gasteiger partial charge in [-0.25, -0.2) is 0 Å². The number of thiophene rings is 1. The van der Waals surface area contributed by atoms with Gasteiger partial charge in [0.25, 0.3) is 11.1 Å². The van der Waals surface area contributed by atoms with Gasteiger partial charge in [0.05, 0.1) is 11.4 Å². The molecule has 2 aromatic rings. The number of rotatable bonds is 6. The van der Waals surface area contributed by atoms with Crippen molar-refractivity contribution in [1.82, 2.24) is 4.90 Å². The molecular formula is C19H19NO3S2. The molecule has 1 fully saturated rings. The van der Waals surface area contributed by atoms with Crippen LogP contribution in [-0.2, 0) is 11.2 Å². The van der Waals surface area contributed by atoms with E-state index in [9.17, 15) is 9.59 Å². The van der Waals surface area contributed by atoms with Gasteiger partial charge in [-0.2, -0.15) is 0 Å². The minimum Gasteiger partial charge on any atom is -0.492 e. The van der Waals surface area contributed by atoms with Crippen LogP contribution in [0, 0.1) is 6.92 Å². The molecule has 0 spiro atoms. The van der Waals surface area contributed by atoms with Crippen LogP contribution >= 0.6 is 23.1 Å². The molecule has 0 aliphatic carbocycles. The van der Waals surface area contributed by atoms with E-state index in [0.29, 0.717) is 4.91 Å². The van der Waals surface area contributed by atoms with E-state index in [1.165, 1.54) is 9.78 Å². The van der Waals surface area contributed by atoms with Crippen LogP contribution < -0.4 is 4.74 Å². The van der Waals surface area contributed by atoms with Crippen molar-refractivity contribution in [2.45, 2.75) is 20.3 Å². The van der Waals surface area contributed by atoms with Crippen molar-refractivity contribution in [2.24, 2.45) is 0 Å². The molecule has 1 saturated heterocycles. The Morgan fingerprint density at radius 2 is 1.88 bits per heavy atom. The lowest BCUT2D eigenvalue weighted by atomic mass is 10.2. The fraction of sp³-hybridized carbons (Fsp3) is 0.263. The first-order valence-electron chi connectivity index (χ1n) is 8.10. The molecule has 0 bridgehead atoms. The fourth-order valence-electron chi connectivity index (χ4n) is 2.37. The first-order chi connectivity index (χ1) is 12.1. The number of imide groups is 1. The molecule has 130 valence electrons. The monoisotopic (exact) mass is 373 g/mol. The highest BCUT2D eigenvalue weighted by molar-refractivity contribution is 8.18. The van der Waals surface area contributed by atoms with Gasteiger partial charge in [-0.15, -0.1) is 11.3 Å². The lowest BCUT2D eigenvalue weighted by Crippen LogP contribution is -2.32. The summed E-state index contributed by atoms with van der Waals surface area (Å²) in [6.45, 7) is 4.64. The number of aryl methyl sites for hydroxylation is 2. The molecule has 2 amide bonds. The van der Waals surface area contributed by atoms with Crippen LogP contribution in [0.4, 0.5) is 4.79 Å². The molecule has 4 nitrogen and oxygen atoms in total. The third kappa shape index (κ3) is 4.32. The highest BCUT2D eigenvalue weighted by Gasteiger charge is 2.34. The number of hydrogen-bond donors (Lipinski definition) is 0. The predicted octanol–water partition coefficient (Wildman–Crippen LogP) is 4.73. The van der Waals surface area contributed by atoms with Crippen molar-refractivity contribution < 1.29 is 14.3 Å². The zero-order chi connectivity index (χ0) is 17.8. The minimum atomic E-state index is -0.242. The number of ether oxygens (including phenoxy) is 1. The van der Waals surface area contributed by atoms with Crippen molar-refractivity contribution in [3.8, 4) is 5.75 Å². The largest absolute Gasteiger partial charge is 0.492 e. The van der Waals surface area contributed by atoms with E-state index in [0.717, 1.165) is 34.4 Å². The zero-order valence-electron chi connectivity index (χ0n) is 14.2. The van der Waals surface area contributed by atoms with Crippen molar-refractivity contribution in [2.75, 3.05) is 13.2 Å². The van der Waals surface area contributed by atoms with Crippen LogP contribution in [-0.4, -0.2) is 29.2 Å². The topological polar surface area (TPSA) is 46.6 Å². The molecule has 0 N–H and O–H groups in total. The molecule has 0 atom stereocenters. The SMILES string of the molecule is CCc1ccc(/C=C2/SC(=O)N(CCOc3ccc(C)cc3)C2=O)s1. The molecule has 1 aromatic carbocycles. The van der Waals surface area contributed by atoms with E-state index in [1.807, 2.05) is 37.3 Å². The first-order valence-corrected chi connectivity index (χ1v) is 9.73. The Bertz CT molecular complexity index is 808. The maximum Gasteiger partial charge on any atom is 0.293 e. The number of thioether (sulfide) groups is 1. The fourth-order valence-corrected chi connectivity index (χ4v) is 4.20. The van der Waals surface area contributed by atoms with E-state index < -0.39 is 0 Å². The summed E-state index contributed by atoms with van der Waals surface area (Å²) in [7, 11) is 0. The Kier molecular flexibility index (Phi) is 5.60. The number of nitrogens with zero attached hydrogens (tertiary/aromatic N) is 1. The molecule has 1 aromatic heterocycles. The molecule has 3 rings (SSSR count). The van der Waals surface area contributed by atoms with Gasteiger partial charge in [-0.1, -0.05) is 24.6 Å². The maximum atomic E-state index is 12.4. The standard InChI is InChI=1S/C19H19NO3S2/c1-3-15-8-9-16(24-15)12-17-18(21)20(19(22)25-17)10-11-23-14-6-4-13(2)5-7-14/h4-9,12H,3,10-11H2,1-2H3/b17-12+. The number of carbonyl (C=O) groups excluding carboxylic acids is 2. The molecule has 0 radical (unpaired) electrons. The van der Waals surface area contributed by atoms with E-state index in [-0.39, 0.29) is 24.3 Å². The van der Waals surface area contributed by atoms with Crippen molar-refractivity contribution in [1.29, 1.82) is 0 Å². The summed E-state index contributed by atoms with van der Waals surface area (Å²) in [6, 6.07) is 11.7. The summed E-state index contributed by atoms with van der Waals surface area (Å²) in [5.74, 6) is 0.493. The van der Waals surface area contributed by atoms with Gasteiger partial charge in [-0.3, -0.25) is 14.5 Å². The average Bonchev–Trinajstić information content (AvgIpc) is 3.16.